The van der Waals surface area contributed by atoms with Crippen LogP contribution in [0.4, 0.5) is 5.69 Å². The van der Waals surface area contributed by atoms with E-state index in [9.17, 15) is 0 Å². The molecule has 0 unspecified atom stereocenters. The second kappa shape index (κ2) is 11.6. The number of anilines is 1. The van der Waals surface area contributed by atoms with Gasteiger partial charge in [-0.15, -0.1) is 0 Å². The number of hydrogen-bond donors (Lipinski definition) is 2. The smallest absolute Gasteiger partial charge is 0.195 e. The maximum absolute atomic E-state index is 5.60. The van der Waals surface area contributed by atoms with E-state index in [0.717, 1.165) is 37.0 Å². The van der Waals surface area contributed by atoms with E-state index < -0.39 is 0 Å². The third-order valence-corrected chi connectivity index (χ3v) is 3.09. The van der Waals surface area contributed by atoms with Crippen LogP contribution in [0.15, 0.2) is 23.2 Å². The van der Waals surface area contributed by atoms with Crippen LogP contribution < -0.4 is 20.1 Å². The Labute approximate surface area is 145 Å². The normalized spacial score (nSPS) is 11.5. The van der Waals surface area contributed by atoms with Crippen LogP contribution in [0.25, 0.3) is 0 Å². The lowest BCUT2D eigenvalue weighted by atomic mass is 10.2. The van der Waals surface area contributed by atoms with Crippen molar-refractivity contribution >= 4 is 11.6 Å². The van der Waals surface area contributed by atoms with Crippen molar-refractivity contribution in [2.75, 3.05) is 38.7 Å². The molecule has 0 aliphatic rings. The first-order valence-corrected chi connectivity index (χ1v) is 8.58. The number of nitrogens with one attached hydrogen (secondary N) is 2. The van der Waals surface area contributed by atoms with Gasteiger partial charge in [0.15, 0.2) is 17.5 Å². The quantitative estimate of drug-likeness (QED) is 0.390. The summed E-state index contributed by atoms with van der Waals surface area (Å²) in [5.74, 6) is 2.18. The zero-order valence-corrected chi connectivity index (χ0v) is 15.5. The van der Waals surface area contributed by atoms with Gasteiger partial charge in [-0.05, 0) is 46.2 Å². The van der Waals surface area contributed by atoms with Crippen LogP contribution >= 0.6 is 0 Å². The number of benzene rings is 1. The molecule has 1 aromatic carbocycles. The van der Waals surface area contributed by atoms with Crippen LogP contribution in [-0.4, -0.2) is 45.5 Å². The Hall–Kier alpha value is -1.95. The second-order valence-corrected chi connectivity index (χ2v) is 5.46. The molecule has 0 amide bonds. The molecule has 0 saturated carbocycles. The van der Waals surface area contributed by atoms with Crippen molar-refractivity contribution in [1.29, 1.82) is 0 Å². The lowest BCUT2D eigenvalue weighted by Gasteiger charge is -2.14. The summed E-state index contributed by atoms with van der Waals surface area (Å²) < 4.78 is 16.4. The Morgan fingerprint density at radius 2 is 2.00 bits per heavy atom. The Kier molecular flexibility index (Phi) is 9.68. The van der Waals surface area contributed by atoms with Gasteiger partial charge in [-0.1, -0.05) is 0 Å². The molecule has 136 valence electrons. The first-order valence-electron chi connectivity index (χ1n) is 8.58. The molecule has 0 heterocycles. The van der Waals surface area contributed by atoms with Crippen LogP contribution in [0.3, 0.4) is 0 Å². The largest absolute Gasteiger partial charge is 0.493 e. The van der Waals surface area contributed by atoms with Crippen molar-refractivity contribution in [2.45, 2.75) is 40.2 Å². The molecule has 1 aromatic rings. The third-order valence-electron chi connectivity index (χ3n) is 3.09. The van der Waals surface area contributed by atoms with Gasteiger partial charge >= 0.3 is 0 Å². The van der Waals surface area contributed by atoms with E-state index >= 15 is 0 Å². The fourth-order valence-corrected chi connectivity index (χ4v) is 2.04. The van der Waals surface area contributed by atoms with Gasteiger partial charge in [0.2, 0.25) is 0 Å². The Morgan fingerprint density at radius 1 is 1.21 bits per heavy atom. The van der Waals surface area contributed by atoms with Gasteiger partial charge in [-0.2, -0.15) is 0 Å². The minimum absolute atomic E-state index is 0.261. The number of nitrogens with zero attached hydrogens (tertiary/aromatic N) is 1. The molecule has 1 rings (SSSR count). The van der Waals surface area contributed by atoms with E-state index in [4.69, 9.17) is 14.2 Å². The van der Waals surface area contributed by atoms with Gasteiger partial charge in [-0.25, -0.2) is 0 Å². The van der Waals surface area contributed by atoms with E-state index in [1.165, 1.54) is 0 Å². The molecule has 0 atom stereocenters. The van der Waals surface area contributed by atoms with Crippen molar-refractivity contribution in [3.05, 3.63) is 18.2 Å². The summed E-state index contributed by atoms with van der Waals surface area (Å²) in [5.41, 5.74) is 0.900. The molecule has 0 aliphatic carbocycles. The number of guanidine groups is 1. The molecule has 0 saturated heterocycles. The highest BCUT2D eigenvalue weighted by Gasteiger charge is 2.07. The zero-order chi connectivity index (χ0) is 17.8. The van der Waals surface area contributed by atoms with Crippen molar-refractivity contribution in [3.63, 3.8) is 0 Å². The Balaban J connectivity index is 2.68. The summed E-state index contributed by atoms with van der Waals surface area (Å²) in [6, 6.07) is 5.74. The predicted octanol–water partition coefficient (Wildman–Crippen LogP) is 3.29. The fourth-order valence-electron chi connectivity index (χ4n) is 2.04. The van der Waals surface area contributed by atoms with Gasteiger partial charge in [0.05, 0.1) is 19.8 Å². The summed E-state index contributed by atoms with van der Waals surface area (Å²) >= 11 is 0. The minimum atomic E-state index is 0.261. The number of aliphatic imine (C=N–C) groups is 1. The van der Waals surface area contributed by atoms with Crippen molar-refractivity contribution < 1.29 is 14.2 Å². The first kappa shape index (κ1) is 20.1. The van der Waals surface area contributed by atoms with Gasteiger partial charge in [0.1, 0.15) is 0 Å². The number of hydrogen-bond acceptors (Lipinski definition) is 4. The fraction of sp³-hybridized carbons (Fsp3) is 0.611. The third kappa shape index (κ3) is 7.55. The highest BCUT2D eigenvalue weighted by Crippen LogP contribution is 2.30. The molecular formula is C18H31N3O3. The van der Waals surface area contributed by atoms with E-state index in [0.29, 0.717) is 18.9 Å². The topological polar surface area (TPSA) is 64.1 Å². The molecular weight excluding hydrogens is 306 g/mol. The van der Waals surface area contributed by atoms with Crippen LogP contribution in [0.2, 0.25) is 0 Å². The standard InChI is InChI=1S/C18H31N3O3/c1-6-19-18(20-11-8-12-24-14(3)4)21-15-9-10-16(22-5)17(13-15)23-7-2/h9-10,13-14H,6-8,11-12H2,1-5H3,(H2,19,20,21). The lowest BCUT2D eigenvalue weighted by Crippen LogP contribution is -2.30. The molecule has 0 aliphatic heterocycles. The first-order chi connectivity index (χ1) is 11.6. The number of rotatable bonds is 10. The molecule has 6 heteroatoms. The van der Waals surface area contributed by atoms with Gasteiger partial charge in [0, 0.05) is 31.5 Å². The summed E-state index contributed by atoms with van der Waals surface area (Å²) in [6.45, 7) is 10.9. The van der Waals surface area contributed by atoms with E-state index in [1.54, 1.807) is 7.11 Å². The number of ether oxygens (including phenoxy) is 3. The van der Waals surface area contributed by atoms with Crippen LogP contribution in [0, 0.1) is 0 Å². The summed E-state index contributed by atoms with van der Waals surface area (Å²) in [5, 5.41) is 6.53. The molecule has 0 radical (unpaired) electrons. The van der Waals surface area contributed by atoms with Crippen LogP contribution in [0.5, 0.6) is 11.5 Å². The molecule has 2 N–H and O–H groups in total. The predicted molar refractivity (Wildman–Crippen MR) is 99.5 cm³/mol. The molecule has 0 bridgehead atoms. The number of methoxy groups -OCH3 is 1. The van der Waals surface area contributed by atoms with E-state index in [-0.39, 0.29) is 6.10 Å². The van der Waals surface area contributed by atoms with Crippen LogP contribution in [0.1, 0.15) is 34.1 Å². The van der Waals surface area contributed by atoms with Crippen molar-refractivity contribution in [2.24, 2.45) is 4.99 Å². The average Bonchev–Trinajstić information content (AvgIpc) is 2.55. The summed E-state index contributed by atoms with van der Waals surface area (Å²) in [7, 11) is 1.63. The summed E-state index contributed by atoms with van der Waals surface area (Å²) in [4.78, 5) is 4.57. The molecule has 6 nitrogen and oxygen atoms in total. The highest BCUT2D eigenvalue weighted by atomic mass is 16.5. The Bertz CT molecular complexity index is 504. The minimum Gasteiger partial charge on any atom is -0.493 e. The van der Waals surface area contributed by atoms with Gasteiger partial charge in [-0.3, -0.25) is 4.99 Å². The summed E-state index contributed by atoms with van der Waals surface area (Å²) in [6.07, 6.45) is 1.15. The highest BCUT2D eigenvalue weighted by molar-refractivity contribution is 5.93. The van der Waals surface area contributed by atoms with E-state index in [2.05, 4.69) is 15.6 Å². The van der Waals surface area contributed by atoms with Crippen molar-refractivity contribution in [1.82, 2.24) is 5.32 Å². The Morgan fingerprint density at radius 3 is 2.62 bits per heavy atom. The molecule has 0 fully saturated rings. The average molecular weight is 337 g/mol. The van der Waals surface area contributed by atoms with Crippen molar-refractivity contribution in [3.8, 4) is 11.5 Å². The van der Waals surface area contributed by atoms with Gasteiger partial charge in [0.25, 0.3) is 0 Å². The lowest BCUT2D eigenvalue weighted by molar-refractivity contribution is 0.0783. The molecule has 24 heavy (non-hydrogen) atoms. The second-order valence-electron chi connectivity index (χ2n) is 5.46. The maximum Gasteiger partial charge on any atom is 0.195 e. The molecule has 0 spiro atoms. The van der Waals surface area contributed by atoms with Gasteiger partial charge < -0.3 is 24.8 Å². The maximum atomic E-state index is 5.60. The SMILES string of the molecule is CCNC(=NCCCOC(C)C)Nc1ccc(OC)c(OCC)c1. The zero-order valence-electron chi connectivity index (χ0n) is 15.5. The van der Waals surface area contributed by atoms with Crippen LogP contribution in [-0.2, 0) is 4.74 Å². The molecule has 0 aromatic heterocycles. The monoisotopic (exact) mass is 337 g/mol. The van der Waals surface area contributed by atoms with E-state index in [1.807, 2.05) is 45.9 Å².